The zero-order valence-electron chi connectivity index (χ0n) is 17.9. The summed E-state index contributed by atoms with van der Waals surface area (Å²) in [6.45, 7) is 0. The van der Waals surface area contributed by atoms with Gasteiger partial charge in [0.25, 0.3) is 0 Å². The number of hydrogen-bond acceptors (Lipinski definition) is 8. The minimum atomic E-state index is -0.677. The number of fused-ring (bicyclic) bond motifs is 2. The summed E-state index contributed by atoms with van der Waals surface area (Å²) >= 11 is 0. The van der Waals surface area contributed by atoms with Gasteiger partial charge in [-0.05, 0) is 46.5 Å². The number of ether oxygens (including phenoxy) is 4. The number of rotatable bonds is 4. The summed E-state index contributed by atoms with van der Waals surface area (Å²) in [6, 6.07) is 6.12. The van der Waals surface area contributed by atoms with E-state index in [1.54, 1.807) is 24.3 Å². The number of esters is 4. The van der Waals surface area contributed by atoms with Crippen molar-refractivity contribution in [2.45, 2.75) is 0 Å². The first-order chi connectivity index (χ1) is 15.3. The molecule has 0 saturated carbocycles. The molecule has 2 aromatic rings. The first kappa shape index (κ1) is 22.5. The first-order valence-electron chi connectivity index (χ1n) is 9.40. The minimum Gasteiger partial charge on any atom is -0.465 e. The van der Waals surface area contributed by atoms with Crippen molar-refractivity contribution < 1.29 is 38.1 Å². The zero-order valence-corrected chi connectivity index (χ0v) is 17.9. The van der Waals surface area contributed by atoms with E-state index in [1.165, 1.54) is 52.7 Å². The number of carbonyl (C=O) groups excluding carboxylic acids is 4. The van der Waals surface area contributed by atoms with Crippen LogP contribution in [0.2, 0.25) is 0 Å². The fourth-order valence-electron chi connectivity index (χ4n) is 3.32. The van der Waals surface area contributed by atoms with Crippen LogP contribution in [-0.4, -0.2) is 52.3 Å². The van der Waals surface area contributed by atoms with Gasteiger partial charge in [0, 0.05) is 0 Å². The van der Waals surface area contributed by atoms with Crippen LogP contribution in [0.5, 0.6) is 0 Å². The molecule has 0 heterocycles. The number of carbonyl (C=O) groups is 4. The van der Waals surface area contributed by atoms with Gasteiger partial charge in [-0.15, -0.1) is 0 Å². The quantitative estimate of drug-likeness (QED) is 0.452. The molecule has 1 aliphatic rings. The lowest BCUT2D eigenvalue weighted by molar-refractivity contribution is 0.0555. The highest BCUT2D eigenvalue weighted by Crippen LogP contribution is 2.29. The Morgan fingerprint density at radius 1 is 0.438 bits per heavy atom. The molecule has 0 unspecified atom stereocenters. The molecule has 0 bridgehead atoms. The highest BCUT2D eigenvalue weighted by Gasteiger charge is 2.23. The second kappa shape index (κ2) is 9.30. The van der Waals surface area contributed by atoms with Crippen LogP contribution < -0.4 is 0 Å². The minimum absolute atomic E-state index is 0.0632. The third-order valence-corrected chi connectivity index (χ3v) is 4.95. The normalized spacial score (nSPS) is 13.4. The number of methoxy groups -OCH3 is 4. The lowest BCUT2D eigenvalue weighted by Crippen LogP contribution is -2.13. The van der Waals surface area contributed by atoms with E-state index in [9.17, 15) is 19.2 Å². The molecule has 0 aromatic heterocycles. The van der Waals surface area contributed by atoms with Crippen molar-refractivity contribution in [1.82, 2.24) is 0 Å². The van der Waals surface area contributed by atoms with Crippen LogP contribution in [0.15, 0.2) is 24.3 Å². The SMILES string of the molecule is COC(=O)c1cc2c(cc1C(=O)OC)/C=C\c1cc(C(=O)OC)c(C(=O)OC)cc1/C=C\2. The van der Waals surface area contributed by atoms with Crippen LogP contribution in [0.1, 0.15) is 63.7 Å². The summed E-state index contributed by atoms with van der Waals surface area (Å²) < 4.78 is 19.2. The summed E-state index contributed by atoms with van der Waals surface area (Å²) in [5.74, 6) is -2.71. The molecule has 0 N–H and O–H groups in total. The van der Waals surface area contributed by atoms with E-state index < -0.39 is 23.9 Å². The van der Waals surface area contributed by atoms with Crippen molar-refractivity contribution in [2.75, 3.05) is 28.4 Å². The Kier molecular flexibility index (Phi) is 6.53. The van der Waals surface area contributed by atoms with Gasteiger partial charge in [-0.25, -0.2) is 19.2 Å². The van der Waals surface area contributed by atoms with Gasteiger partial charge >= 0.3 is 23.9 Å². The highest BCUT2D eigenvalue weighted by molar-refractivity contribution is 6.06. The molecule has 0 saturated heterocycles. The van der Waals surface area contributed by atoms with E-state index in [4.69, 9.17) is 18.9 Å². The maximum atomic E-state index is 12.2. The molecule has 3 rings (SSSR count). The van der Waals surface area contributed by atoms with Crippen molar-refractivity contribution >= 4 is 48.2 Å². The van der Waals surface area contributed by atoms with Crippen molar-refractivity contribution in [2.24, 2.45) is 0 Å². The Hall–Kier alpha value is -4.20. The highest BCUT2D eigenvalue weighted by atomic mass is 16.5. The van der Waals surface area contributed by atoms with Gasteiger partial charge in [-0.2, -0.15) is 0 Å². The average molecular weight is 436 g/mol. The maximum absolute atomic E-state index is 12.2. The molecule has 0 atom stereocenters. The Balaban J connectivity index is 2.20. The summed E-state index contributed by atoms with van der Waals surface area (Å²) in [7, 11) is 4.89. The summed E-state index contributed by atoms with van der Waals surface area (Å²) in [4.78, 5) is 48.8. The predicted octanol–water partition coefficient (Wildman–Crippen LogP) is 3.49. The third kappa shape index (κ3) is 4.15. The lowest BCUT2D eigenvalue weighted by atomic mass is 9.92. The molecule has 0 spiro atoms. The molecule has 0 radical (unpaired) electrons. The van der Waals surface area contributed by atoms with Crippen molar-refractivity contribution in [3.05, 3.63) is 68.8 Å². The van der Waals surface area contributed by atoms with Gasteiger partial charge in [-0.3, -0.25) is 0 Å². The third-order valence-electron chi connectivity index (χ3n) is 4.95. The smallest absolute Gasteiger partial charge is 0.338 e. The van der Waals surface area contributed by atoms with E-state index in [-0.39, 0.29) is 22.3 Å². The Morgan fingerprint density at radius 3 is 0.781 bits per heavy atom. The molecule has 8 nitrogen and oxygen atoms in total. The topological polar surface area (TPSA) is 105 Å². The monoisotopic (exact) mass is 436 g/mol. The second-order valence-corrected chi connectivity index (χ2v) is 6.69. The largest absolute Gasteiger partial charge is 0.465 e. The lowest BCUT2D eigenvalue weighted by Gasteiger charge is -2.14. The second-order valence-electron chi connectivity index (χ2n) is 6.69. The van der Waals surface area contributed by atoms with Crippen molar-refractivity contribution in [1.29, 1.82) is 0 Å². The predicted molar refractivity (Wildman–Crippen MR) is 116 cm³/mol. The van der Waals surface area contributed by atoms with Crippen LogP contribution in [0, 0.1) is 0 Å². The van der Waals surface area contributed by atoms with E-state index >= 15 is 0 Å². The van der Waals surface area contributed by atoms with Gasteiger partial charge in [0.1, 0.15) is 0 Å². The Bertz CT molecular complexity index is 1000. The van der Waals surface area contributed by atoms with Gasteiger partial charge in [0.15, 0.2) is 0 Å². The van der Waals surface area contributed by atoms with E-state index in [1.807, 2.05) is 0 Å². The molecule has 0 aliphatic heterocycles. The number of benzene rings is 2. The first-order valence-corrected chi connectivity index (χ1v) is 9.40. The van der Waals surface area contributed by atoms with Crippen molar-refractivity contribution in [3.8, 4) is 0 Å². The van der Waals surface area contributed by atoms with Crippen LogP contribution in [0.25, 0.3) is 24.3 Å². The summed E-state index contributed by atoms with van der Waals surface area (Å²) in [5.41, 5.74) is 2.80. The molecular weight excluding hydrogens is 416 g/mol. The van der Waals surface area contributed by atoms with Crippen LogP contribution in [0.4, 0.5) is 0 Å². The van der Waals surface area contributed by atoms with E-state index in [0.29, 0.717) is 22.3 Å². The molecule has 1 aliphatic carbocycles. The molecule has 164 valence electrons. The fraction of sp³-hybridized carbons (Fsp3) is 0.167. The van der Waals surface area contributed by atoms with Gasteiger partial charge in [0.2, 0.25) is 0 Å². The molecule has 32 heavy (non-hydrogen) atoms. The van der Waals surface area contributed by atoms with Gasteiger partial charge in [-0.1, -0.05) is 24.3 Å². The van der Waals surface area contributed by atoms with Gasteiger partial charge < -0.3 is 18.9 Å². The summed E-state index contributed by atoms with van der Waals surface area (Å²) in [5, 5.41) is 0. The van der Waals surface area contributed by atoms with Crippen molar-refractivity contribution in [3.63, 3.8) is 0 Å². The maximum Gasteiger partial charge on any atom is 0.338 e. The molecule has 2 aromatic carbocycles. The van der Waals surface area contributed by atoms with Crippen LogP contribution in [-0.2, 0) is 18.9 Å². The standard InChI is InChI=1S/C24H20O8/c1-29-21(25)17-9-13-5-6-15-11-19(23(27)31-3)20(24(28)32-4)12-16(15)8-7-14(13)10-18(17)22(26)30-2/h5-12H,1-4H3/b6-5-,8-7-,13-5?,14-7?,15-6?,16-8?. The Morgan fingerprint density at radius 2 is 0.625 bits per heavy atom. The molecule has 8 heteroatoms. The molecular formula is C24H20O8. The van der Waals surface area contributed by atoms with E-state index in [0.717, 1.165) is 0 Å². The summed E-state index contributed by atoms with van der Waals surface area (Å²) in [6.07, 6.45) is 6.90. The van der Waals surface area contributed by atoms with Crippen LogP contribution in [0.3, 0.4) is 0 Å². The average Bonchev–Trinajstić information content (AvgIpc) is 2.82. The molecule has 0 fully saturated rings. The zero-order chi connectivity index (χ0) is 23.4. The number of hydrogen-bond donors (Lipinski definition) is 0. The fourth-order valence-corrected chi connectivity index (χ4v) is 3.32. The van der Waals surface area contributed by atoms with E-state index in [2.05, 4.69) is 0 Å². The Labute approximate surface area is 184 Å². The van der Waals surface area contributed by atoms with Gasteiger partial charge in [0.05, 0.1) is 50.7 Å². The molecule has 0 amide bonds. The van der Waals surface area contributed by atoms with Crippen LogP contribution >= 0.6 is 0 Å².